The zero-order chi connectivity index (χ0) is 23.8. The summed E-state index contributed by atoms with van der Waals surface area (Å²) in [5.74, 6) is 0.0790. The summed E-state index contributed by atoms with van der Waals surface area (Å²) >= 11 is 0. The molecule has 6 rings (SSSR count). The number of nitrogen functional groups attached to an aromatic ring is 1. The van der Waals surface area contributed by atoms with Gasteiger partial charge in [-0.3, -0.25) is 14.7 Å². The number of benzene rings is 2. The van der Waals surface area contributed by atoms with Gasteiger partial charge in [0.15, 0.2) is 0 Å². The van der Waals surface area contributed by atoms with Gasteiger partial charge in [0.05, 0.1) is 0 Å². The van der Waals surface area contributed by atoms with Crippen molar-refractivity contribution in [2.24, 2.45) is 0 Å². The normalized spacial score (nSPS) is 17.3. The molecular formula is C27H29N7O. The molecule has 2 aromatic carbocycles. The molecule has 3 heterocycles. The maximum absolute atomic E-state index is 13.5. The van der Waals surface area contributed by atoms with Crippen molar-refractivity contribution in [1.29, 1.82) is 0 Å². The predicted octanol–water partition coefficient (Wildman–Crippen LogP) is 3.83. The van der Waals surface area contributed by atoms with Gasteiger partial charge < -0.3 is 10.6 Å². The molecule has 2 aromatic heterocycles. The van der Waals surface area contributed by atoms with E-state index in [9.17, 15) is 4.79 Å². The Labute approximate surface area is 204 Å². The number of hydrogen-bond donors (Lipinski definition) is 1. The number of aromatic nitrogens is 4. The topological polar surface area (TPSA) is 93.2 Å². The molecular weight excluding hydrogens is 438 g/mol. The predicted molar refractivity (Wildman–Crippen MR) is 137 cm³/mol. The van der Waals surface area contributed by atoms with Gasteiger partial charge in [-0.2, -0.15) is 9.67 Å². The number of nitrogens with zero attached hydrogens (tertiary/aromatic N) is 6. The molecule has 0 amide bonds. The highest BCUT2D eigenvalue weighted by Crippen LogP contribution is 2.32. The van der Waals surface area contributed by atoms with Gasteiger partial charge in [0, 0.05) is 55.1 Å². The number of carbonyl (C=O) groups excluding carboxylic acids is 1. The lowest BCUT2D eigenvalue weighted by molar-refractivity contribution is 0.0949. The minimum absolute atomic E-state index is 0.0480. The summed E-state index contributed by atoms with van der Waals surface area (Å²) in [6.45, 7) is 4.17. The van der Waals surface area contributed by atoms with Gasteiger partial charge in [0.1, 0.15) is 5.69 Å². The lowest BCUT2D eigenvalue weighted by Gasteiger charge is -2.39. The monoisotopic (exact) mass is 467 g/mol. The molecule has 2 aliphatic rings. The summed E-state index contributed by atoms with van der Waals surface area (Å²) in [6.07, 6.45) is 7.07. The average Bonchev–Trinajstić information content (AvgIpc) is 3.59. The highest BCUT2D eigenvalue weighted by Gasteiger charge is 2.27. The van der Waals surface area contributed by atoms with Gasteiger partial charge in [-0.15, -0.1) is 5.10 Å². The standard InChI is InChI=1S/C27H29N7O/c28-27-30-25(23-11-5-6-14-29-23)31-34(27)26(35)22-12-13-24(21-10-4-3-9-20(21)22)33-17-15-32(16-18-33)19-7-1-2-8-19/h3-6,9-14,19H,1-2,7-8,15-18H2,(H2,28,30,31). The summed E-state index contributed by atoms with van der Waals surface area (Å²) in [7, 11) is 0. The third-order valence-corrected chi connectivity index (χ3v) is 7.35. The summed E-state index contributed by atoms with van der Waals surface area (Å²) < 4.78 is 1.17. The first-order chi connectivity index (χ1) is 17.2. The Morgan fingerprint density at radius 3 is 2.37 bits per heavy atom. The van der Waals surface area contributed by atoms with Gasteiger partial charge in [-0.05, 0) is 42.5 Å². The fourth-order valence-electron chi connectivity index (χ4n) is 5.53. The fourth-order valence-corrected chi connectivity index (χ4v) is 5.53. The zero-order valence-corrected chi connectivity index (χ0v) is 19.7. The molecule has 0 radical (unpaired) electrons. The van der Waals surface area contributed by atoms with Crippen molar-refractivity contribution >= 4 is 28.3 Å². The van der Waals surface area contributed by atoms with E-state index >= 15 is 0 Å². The van der Waals surface area contributed by atoms with Crippen LogP contribution in [0.25, 0.3) is 22.3 Å². The lowest BCUT2D eigenvalue weighted by Crippen LogP contribution is -2.49. The first-order valence-corrected chi connectivity index (χ1v) is 12.4. The van der Waals surface area contributed by atoms with Gasteiger partial charge in [-0.1, -0.05) is 43.2 Å². The largest absolute Gasteiger partial charge is 0.368 e. The molecule has 2 fully saturated rings. The highest BCUT2D eigenvalue weighted by molar-refractivity contribution is 6.11. The van der Waals surface area contributed by atoms with E-state index in [0.29, 0.717) is 17.1 Å². The molecule has 0 atom stereocenters. The second kappa shape index (κ2) is 9.11. The summed E-state index contributed by atoms with van der Waals surface area (Å²) in [5.41, 5.74) is 8.40. The van der Waals surface area contributed by atoms with E-state index in [1.807, 2.05) is 36.4 Å². The third kappa shape index (κ3) is 4.04. The lowest BCUT2D eigenvalue weighted by atomic mass is 10.0. The van der Waals surface area contributed by atoms with Crippen molar-refractivity contribution in [1.82, 2.24) is 24.6 Å². The average molecular weight is 468 g/mol. The van der Waals surface area contributed by atoms with E-state index < -0.39 is 0 Å². The number of carbonyl (C=O) groups is 1. The number of hydrogen-bond acceptors (Lipinski definition) is 7. The Bertz CT molecular complexity index is 1350. The van der Waals surface area contributed by atoms with Crippen LogP contribution in [-0.2, 0) is 0 Å². The molecule has 1 saturated carbocycles. The smallest absolute Gasteiger partial charge is 0.282 e. The maximum atomic E-state index is 13.5. The molecule has 178 valence electrons. The first kappa shape index (κ1) is 21.7. The van der Waals surface area contributed by atoms with E-state index in [4.69, 9.17) is 5.73 Å². The number of rotatable bonds is 4. The Kier molecular flexibility index (Phi) is 5.66. The van der Waals surface area contributed by atoms with Crippen LogP contribution in [-0.4, -0.2) is 62.8 Å². The molecule has 0 spiro atoms. The second-order valence-electron chi connectivity index (χ2n) is 9.36. The van der Waals surface area contributed by atoms with E-state index in [0.717, 1.165) is 43.0 Å². The molecule has 1 aliphatic carbocycles. The van der Waals surface area contributed by atoms with Crippen molar-refractivity contribution < 1.29 is 4.79 Å². The number of piperazine rings is 1. The van der Waals surface area contributed by atoms with Gasteiger partial charge in [0.25, 0.3) is 5.91 Å². The van der Waals surface area contributed by atoms with Crippen LogP contribution in [0.3, 0.4) is 0 Å². The van der Waals surface area contributed by atoms with Gasteiger partial charge in [0.2, 0.25) is 11.8 Å². The number of fused-ring (bicyclic) bond motifs is 1. The molecule has 0 bridgehead atoms. The van der Waals surface area contributed by atoms with E-state index in [-0.39, 0.29) is 11.9 Å². The van der Waals surface area contributed by atoms with Gasteiger partial charge >= 0.3 is 0 Å². The molecule has 4 aromatic rings. The van der Waals surface area contributed by atoms with Crippen molar-refractivity contribution in [2.75, 3.05) is 36.8 Å². The molecule has 2 N–H and O–H groups in total. The highest BCUT2D eigenvalue weighted by atomic mass is 16.2. The van der Waals surface area contributed by atoms with Crippen molar-refractivity contribution in [3.63, 3.8) is 0 Å². The van der Waals surface area contributed by atoms with Crippen molar-refractivity contribution in [3.05, 3.63) is 66.4 Å². The first-order valence-electron chi connectivity index (χ1n) is 12.4. The number of anilines is 2. The number of pyridine rings is 1. The Hall–Kier alpha value is -3.78. The molecule has 35 heavy (non-hydrogen) atoms. The Balaban J connectivity index is 1.30. The number of nitrogens with two attached hydrogens (primary N) is 1. The van der Waals surface area contributed by atoms with Crippen molar-refractivity contribution in [3.8, 4) is 11.5 Å². The maximum Gasteiger partial charge on any atom is 0.282 e. The zero-order valence-electron chi connectivity index (χ0n) is 19.7. The fraction of sp³-hybridized carbons (Fsp3) is 0.333. The molecule has 8 heteroatoms. The van der Waals surface area contributed by atoms with E-state index in [1.54, 1.807) is 12.3 Å². The van der Waals surface area contributed by atoms with Crippen LogP contribution in [0.2, 0.25) is 0 Å². The second-order valence-corrected chi connectivity index (χ2v) is 9.36. The Morgan fingerprint density at radius 1 is 0.886 bits per heavy atom. The van der Waals surface area contributed by atoms with Crippen LogP contribution in [0.5, 0.6) is 0 Å². The van der Waals surface area contributed by atoms with E-state index in [2.05, 4.69) is 37.0 Å². The van der Waals surface area contributed by atoms with Crippen LogP contribution in [0.1, 0.15) is 36.0 Å². The summed E-state index contributed by atoms with van der Waals surface area (Å²) in [4.78, 5) is 27.2. The minimum atomic E-state index is -0.300. The Morgan fingerprint density at radius 2 is 1.63 bits per heavy atom. The summed E-state index contributed by atoms with van der Waals surface area (Å²) in [5, 5.41) is 6.33. The van der Waals surface area contributed by atoms with Crippen molar-refractivity contribution in [2.45, 2.75) is 31.7 Å². The van der Waals surface area contributed by atoms with Crippen LogP contribution < -0.4 is 10.6 Å². The quantitative estimate of drug-likeness (QED) is 0.488. The SMILES string of the molecule is Nc1nc(-c2ccccn2)nn1C(=O)c1ccc(N2CCN(C3CCCC3)CC2)c2ccccc12. The molecule has 1 saturated heterocycles. The van der Waals surface area contributed by atoms with Crippen LogP contribution in [0.15, 0.2) is 60.8 Å². The van der Waals surface area contributed by atoms with Gasteiger partial charge in [-0.25, -0.2) is 0 Å². The third-order valence-electron chi connectivity index (χ3n) is 7.35. The van der Waals surface area contributed by atoms with Crippen LogP contribution >= 0.6 is 0 Å². The molecule has 8 nitrogen and oxygen atoms in total. The molecule has 1 aliphatic heterocycles. The summed E-state index contributed by atoms with van der Waals surface area (Å²) in [6, 6.07) is 18.3. The van der Waals surface area contributed by atoms with E-state index in [1.165, 1.54) is 36.1 Å². The molecule has 0 unspecified atom stereocenters. The van der Waals surface area contributed by atoms with Crippen LogP contribution in [0, 0.1) is 0 Å². The minimum Gasteiger partial charge on any atom is -0.368 e. The van der Waals surface area contributed by atoms with Crippen LogP contribution in [0.4, 0.5) is 11.6 Å².